The van der Waals surface area contributed by atoms with E-state index < -0.39 is 0 Å². The van der Waals surface area contributed by atoms with Gasteiger partial charge in [-0.1, -0.05) is 6.92 Å². The molecule has 0 unspecified atom stereocenters. The first-order valence-corrected chi connectivity index (χ1v) is 5.59. The van der Waals surface area contributed by atoms with Gasteiger partial charge in [-0.05, 0) is 30.9 Å². The quantitative estimate of drug-likeness (QED) is 0.689. The van der Waals surface area contributed by atoms with Crippen LogP contribution in [0, 0.1) is 5.92 Å². The number of rotatable bonds is 1. The number of hydrogen-bond acceptors (Lipinski definition) is 1. The third-order valence-electron chi connectivity index (χ3n) is 3.23. The van der Waals surface area contributed by atoms with Gasteiger partial charge in [-0.15, -0.1) is 0 Å². The van der Waals surface area contributed by atoms with E-state index >= 15 is 0 Å². The number of carbonyl (C=O) groups is 1. The van der Waals surface area contributed by atoms with Crippen molar-refractivity contribution in [3.8, 4) is 0 Å². The molecule has 2 rings (SSSR count). The number of aryl methyl sites for hydroxylation is 1. The fourth-order valence-electron chi connectivity index (χ4n) is 2.06. The molecule has 82 valence electrons. The molecule has 0 bridgehead atoms. The predicted molar refractivity (Wildman–Crippen MR) is 59.7 cm³/mol. The van der Waals surface area contributed by atoms with Crippen LogP contribution in [-0.4, -0.2) is 28.5 Å². The number of piperidine rings is 1. The molecule has 1 aliphatic rings. The number of nitrogens with zero attached hydrogens (tertiary/aromatic N) is 2. The van der Waals surface area contributed by atoms with Crippen molar-refractivity contribution < 1.29 is 4.79 Å². The van der Waals surface area contributed by atoms with Crippen molar-refractivity contribution in [1.82, 2.24) is 9.47 Å². The minimum Gasteiger partial charge on any atom is -0.347 e. The topological polar surface area (TPSA) is 25.2 Å². The van der Waals surface area contributed by atoms with Crippen LogP contribution in [0.3, 0.4) is 0 Å². The normalized spacial score (nSPS) is 18.1. The highest BCUT2D eigenvalue weighted by Crippen LogP contribution is 2.18. The van der Waals surface area contributed by atoms with Crippen LogP contribution in [0.25, 0.3) is 0 Å². The second-order valence-corrected chi connectivity index (χ2v) is 4.48. The summed E-state index contributed by atoms with van der Waals surface area (Å²) in [6.45, 7) is 4.07. The molecule has 0 spiro atoms. The lowest BCUT2D eigenvalue weighted by Gasteiger charge is -2.30. The first kappa shape index (κ1) is 10.3. The lowest BCUT2D eigenvalue weighted by Crippen LogP contribution is -2.38. The molecule has 15 heavy (non-hydrogen) atoms. The number of aromatic nitrogens is 1. The van der Waals surface area contributed by atoms with Crippen LogP contribution in [0.4, 0.5) is 0 Å². The third-order valence-corrected chi connectivity index (χ3v) is 3.23. The Hall–Kier alpha value is -1.25. The molecule has 3 heteroatoms. The molecule has 1 fully saturated rings. The molecule has 0 atom stereocenters. The molecule has 1 saturated heterocycles. The Bertz CT molecular complexity index is 348. The Morgan fingerprint density at radius 2 is 2.07 bits per heavy atom. The van der Waals surface area contributed by atoms with E-state index in [1.807, 2.05) is 34.8 Å². The maximum Gasteiger partial charge on any atom is 0.270 e. The molecule has 2 heterocycles. The van der Waals surface area contributed by atoms with Crippen molar-refractivity contribution >= 4 is 5.91 Å². The van der Waals surface area contributed by atoms with Gasteiger partial charge in [-0.2, -0.15) is 0 Å². The molecule has 1 aliphatic heterocycles. The van der Waals surface area contributed by atoms with Crippen molar-refractivity contribution in [3.63, 3.8) is 0 Å². The largest absolute Gasteiger partial charge is 0.347 e. The van der Waals surface area contributed by atoms with E-state index in [-0.39, 0.29) is 5.91 Å². The first-order chi connectivity index (χ1) is 7.18. The van der Waals surface area contributed by atoms with Gasteiger partial charge >= 0.3 is 0 Å². The van der Waals surface area contributed by atoms with Crippen LogP contribution in [0.15, 0.2) is 18.3 Å². The van der Waals surface area contributed by atoms with Gasteiger partial charge in [0.1, 0.15) is 5.69 Å². The molecule has 1 aromatic rings. The zero-order valence-electron chi connectivity index (χ0n) is 9.44. The number of hydrogen-bond donors (Lipinski definition) is 0. The average molecular weight is 206 g/mol. The summed E-state index contributed by atoms with van der Waals surface area (Å²) < 4.78 is 1.89. The zero-order chi connectivity index (χ0) is 10.8. The van der Waals surface area contributed by atoms with Crippen LogP contribution in [0.1, 0.15) is 30.3 Å². The van der Waals surface area contributed by atoms with Crippen LogP contribution in [0.5, 0.6) is 0 Å². The average Bonchev–Trinajstić information content (AvgIpc) is 2.65. The molecular weight excluding hydrogens is 188 g/mol. The van der Waals surface area contributed by atoms with Gasteiger partial charge in [0.05, 0.1) is 0 Å². The lowest BCUT2D eigenvalue weighted by atomic mass is 9.99. The maximum absolute atomic E-state index is 12.1. The predicted octanol–water partition coefficient (Wildman–Crippen LogP) is 1.90. The van der Waals surface area contributed by atoms with E-state index in [1.54, 1.807) is 0 Å². The van der Waals surface area contributed by atoms with Crippen molar-refractivity contribution in [2.75, 3.05) is 13.1 Å². The van der Waals surface area contributed by atoms with Crippen LogP contribution >= 0.6 is 0 Å². The summed E-state index contributed by atoms with van der Waals surface area (Å²) in [5.74, 6) is 0.942. The highest BCUT2D eigenvalue weighted by atomic mass is 16.2. The summed E-state index contributed by atoms with van der Waals surface area (Å²) in [5.41, 5.74) is 0.796. The zero-order valence-corrected chi connectivity index (χ0v) is 9.44. The number of likely N-dealkylation sites (tertiary alicyclic amines) is 1. The minimum absolute atomic E-state index is 0.175. The summed E-state index contributed by atoms with van der Waals surface area (Å²) in [5, 5.41) is 0. The Morgan fingerprint density at radius 3 is 2.60 bits per heavy atom. The third kappa shape index (κ3) is 2.06. The van der Waals surface area contributed by atoms with Crippen LogP contribution in [-0.2, 0) is 7.05 Å². The molecule has 1 amide bonds. The smallest absolute Gasteiger partial charge is 0.270 e. The van der Waals surface area contributed by atoms with E-state index in [2.05, 4.69) is 6.92 Å². The van der Waals surface area contributed by atoms with Crippen LogP contribution < -0.4 is 0 Å². The van der Waals surface area contributed by atoms with Crippen molar-refractivity contribution in [2.24, 2.45) is 13.0 Å². The van der Waals surface area contributed by atoms with E-state index in [1.165, 1.54) is 0 Å². The Labute approximate surface area is 90.7 Å². The maximum atomic E-state index is 12.1. The second-order valence-electron chi connectivity index (χ2n) is 4.48. The minimum atomic E-state index is 0.175. The van der Waals surface area contributed by atoms with Gasteiger partial charge in [0.2, 0.25) is 0 Å². The summed E-state index contributed by atoms with van der Waals surface area (Å²) in [6.07, 6.45) is 4.19. The fraction of sp³-hybridized carbons (Fsp3) is 0.583. The summed E-state index contributed by atoms with van der Waals surface area (Å²) in [4.78, 5) is 14.1. The summed E-state index contributed by atoms with van der Waals surface area (Å²) >= 11 is 0. The highest BCUT2D eigenvalue weighted by molar-refractivity contribution is 5.92. The molecule has 0 saturated carbocycles. The van der Waals surface area contributed by atoms with E-state index in [9.17, 15) is 4.79 Å². The molecule has 0 radical (unpaired) electrons. The Kier molecular flexibility index (Phi) is 2.80. The SMILES string of the molecule is CC1CCN(C(=O)c2cccn2C)CC1. The highest BCUT2D eigenvalue weighted by Gasteiger charge is 2.22. The van der Waals surface area contributed by atoms with Gasteiger partial charge in [-0.25, -0.2) is 0 Å². The van der Waals surface area contributed by atoms with Gasteiger partial charge in [0.25, 0.3) is 5.91 Å². The van der Waals surface area contributed by atoms with Gasteiger partial charge in [0.15, 0.2) is 0 Å². The Morgan fingerprint density at radius 1 is 1.40 bits per heavy atom. The molecule has 0 N–H and O–H groups in total. The van der Waals surface area contributed by atoms with Crippen molar-refractivity contribution in [1.29, 1.82) is 0 Å². The monoisotopic (exact) mass is 206 g/mol. The Balaban J connectivity index is 2.06. The molecule has 0 aromatic carbocycles. The lowest BCUT2D eigenvalue weighted by molar-refractivity contribution is 0.0687. The van der Waals surface area contributed by atoms with Crippen molar-refractivity contribution in [3.05, 3.63) is 24.0 Å². The molecule has 1 aromatic heterocycles. The van der Waals surface area contributed by atoms with E-state index in [0.29, 0.717) is 0 Å². The number of carbonyl (C=O) groups excluding carboxylic acids is 1. The van der Waals surface area contributed by atoms with Crippen molar-refractivity contribution in [2.45, 2.75) is 19.8 Å². The van der Waals surface area contributed by atoms with Gasteiger partial charge in [-0.3, -0.25) is 4.79 Å². The summed E-state index contributed by atoms with van der Waals surface area (Å²) in [6, 6.07) is 3.81. The first-order valence-electron chi connectivity index (χ1n) is 5.59. The molecule has 3 nitrogen and oxygen atoms in total. The van der Waals surface area contributed by atoms with Gasteiger partial charge in [0, 0.05) is 26.3 Å². The molecule has 0 aliphatic carbocycles. The number of amides is 1. The van der Waals surface area contributed by atoms with E-state index in [0.717, 1.165) is 37.5 Å². The summed E-state index contributed by atoms with van der Waals surface area (Å²) in [7, 11) is 1.92. The van der Waals surface area contributed by atoms with Gasteiger partial charge < -0.3 is 9.47 Å². The molecular formula is C12H18N2O. The second kappa shape index (κ2) is 4.09. The van der Waals surface area contributed by atoms with E-state index in [4.69, 9.17) is 0 Å². The van der Waals surface area contributed by atoms with Crippen LogP contribution in [0.2, 0.25) is 0 Å². The standard InChI is InChI=1S/C12H18N2O/c1-10-5-8-14(9-6-10)12(15)11-4-3-7-13(11)2/h3-4,7,10H,5-6,8-9H2,1-2H3. The fourth-order valence-corrected chi connectivity index (χ4v) is 2.06.